The molecule has 2 aliphatic heterocycles. The highest BCUT2D eigenvalue weighted by molar-refractivity contribution is 5.99. The van der Waals surface area contributed by atoms with Crippen LogP contribution >= 0.6 is 0 Å². The van der Waals surface area contributed by atoms with E-state index in [4.69, 9.17) is 9.47 Å². The maximum Gasteiger partial charge on any atom is 0.254 e. The SMILES string of the molecule is COc1ccc(Cc2cc3c(c(C)c2C)CN([C@H]2COCC[C@@H]2O)C3=O)cc1C. The fourth-order valence-corrected chi connectivity index (χ4v) is 4.56. The molecule has 0 radical (unpaired) electrons. The van der Waals surface area contributed by atoms with Crippen molar-refractivity contribution in [3.05, 3.63) is 63.2 Å². The van der Waals surface area contributed by atoms with Gasteiger partial charge in [0, 0.05) is 18.7 Å². The molecule has 1 saturated heterocycles. The molecule has 4 rings (SSSR count). The number of carbonyl (C=O) groups excluding carboxylic acids is 1. The first-order valence-corrected chi connectivity index (χ1v) is 10.2. The van der Waals surface area contributed by atoms with Gasteiger partial charge in [0.05, 0.1) is 25.9 Å². The Kier molecular flexibility index (Phi) is 5.36. The van der Waals surface area contributed by atoms with Crippen LogP contribution in [0.2, 0.25) is 0 Å². The predicted octanol–water partition coefficient (Wildman–Crippen LogP) is 3.32. The molecule has 29 heavy (non-hydrogen) atoms. The molecular weight excluding hydrogens is 366 g/mol. The van der Waals surface area contributed by atoms with E-state index < -0.39 is 6.10 Å². The first kappa shape index (κ1) is 19.9. The summed E-state index contributed by atoms with van der Waals surface area (Å²) in [5.41, 5.74) is 7.72. The summed E-state index contributed by atoms with van der Waals surface area (Å²) in [5.74, 6) is 0.888. The zero-order chi connectivity index (χ0) is 20.7. The van der Waals surface area contributed by atoms with E-state index in [2.05, 4.69) is 32.0 Å². The van der Waals surface area contributed by atoms with Gasteiger partial charge in [-0.3, -0.25) is 4.79 Å². The largest absolute Gasteiger partial charge is 0.496 e. The van der Waals surface area contributed by atoms with Crippen LogP contribution in [0.4, 0.5) is 0 Å². The number of rotatable bonds is 4. The standard InChI is InChI=1S/C24H29NO4/c1-14-9-17(5-6-23(14)28-4)10-18-11-19-20(16(3)15(18)2)12-25(24(19)27)21-13-29-8-7-22(21)26/h5-6,9,11,21-22,26H,7-8,10,12-13H2,1-4H3/t21-,22-/m0/s1. The van der Waals surface area contributed by atoms with Gasteiger partial charge in [-0.1, -0.05) is 12.1 Å². The Hall–Kier alpha value is -2.37. The van der Waals surface area contributed by atoms with E-state index in [1.807, 2.05) is 13.0 Å². The highest BCUT2D eigenvalue weighted by Gasteiger charge is 2.39. The first-order valence-electron chi connectivity index (χ1n) is 10.2. The highest BCUT2D eigenvalue weighted by atomic mass is 16.5. The molecule has 0 spiro atoms. The van der Waals surface area contributed by atoms with Crippen LogP contribution < -0.4 is 4.74 Å². The fraction of sp³-hybridized carbons (Fsp3) is 0.458. The fourth-order valence-electron chi connectivity index (χ4n) is 4.56. The van der Waals surface area contributed by atoms with E-state index in [-0.39, 0.29) is 11.9 Å². The van der Waals surface area contributed by atoms with Gasteiger partial charge >= 0.3 is 0 Å². The lowest BCUT2D eigenvalue weighted by atomic mass is 9.91. The summed E-state index contributed by atoms with van der Waals surface area (Å²) in [6.07, 6.45) is 0.822. The predicted molar refractivity (Wildman–Crippen MR) is 112 cm³/mol. The third-order valence-corrected chi connectivity index (χ3v) is 6.51. The Bertz CT molecular complexity index is 952. The van der Waals surface area contributed by atoms with Gasteiger partial charge in [0.1, 0.15) is 5.75 Å². The summed E-state index contributed by atoms with van der Waals surface area (Å²) >= 11 is 0. The van der Waals surface area contributed by atoms with Crippen molar-refractivity contribution in [1.82, 2.24) is 4.90 Å². The van der Waals surface area contributed by atoms with Crippen molar-refractivity contribution in [2.75, 3.05) is 20.3 Å². The smallest absolute Gasteiger partial charge is 0.254 e. The minimum Gasteiger partial charge on any atom is -0.496 e. The second-order valence-corrected chi connectivity index (χ2v) is 8.22. The lowest BCUT2D eigenvalue weighted by molar-refractivity contribution is -0.0528. The Morgan fingerprint density at radius 2 is 2.00 bits per heavy atom. The Labute approximate surface area is 172 Å². The molecule has 5 nitrogen and oxygen atoms in total. The molecule has 2 aromatic rings. The molecule has 5 heteroatoms. The maximum absolute atomic E-state index is 13.2. The van der Waals surface area contributed by atoms with Gasteiger partial charge in [0.25, 0.3) is 5.91 Å². The molecule has 0 aromatic heterocycles. The number of aryl methyl sites for hydroxylation is 1. The molecule has 154 valence electrons. The number of aliphatic hydroxyl groups excluding tert-OH is 1. The van der Waals surface area contributed by atoms with Gasteiger partial charge in [-0.05, 0) is 79.1 Å². The number of methoxy groups -OCH3 is 1. The topological polar surface area (TPSA) is 59.0 Å². The zero-order valence-corrected chi connectivity index (χ0v) is 17.6. The Balaban J connectivity index is 1.64. The molecule has 2 aliphatic rings. The van der Waals surface area contributed by atoms with Crippen molar-refractivity contribution in [3.8, 4) is 5.75 Å². The quantitative estimate of drug-likeness (QED) is 0.863. The lowest BCUT2D eigenvalue weighted by Gasteiger charge is -2.34. The van der Waals surface area contributed by atoms with Gasteiger partial charge in [0.15, 0.2) is 0 Å². The molecule has 2 atom stereocenters. The Morgan fingerprint density at radius 1 is 1.21 bits per heavy atom. The van der Waals surface area contributed by atoms with Crippen LogP contribution in [0.1, 0.15) is 50.2 Å². The normalized spacial score (nSPS) is 21.4. The minimum absolute atomic E-state index is 0.00446. The van der Waals surface area contributed by atoms with Crippen LogP contribution in [0.5, 0.6) is 5.75 Å². The van der Waals surface area contributed by atoms with Gasteiger partial charge < -0.3 is 19.5 Å². The first-order chi connectivity index (χ1) is 13.9. The van der Waals surface area contributed by atoms with Crippen LogP contribution in [0.15, 0.2) is 24.3 Å². The molecule has 0 saturated carbocycles. The number of ether oxygens (including phenoxy) is 2. The van der Waals surface area contributed by atoms with E-state index in [1.54, 1.807) is 12.0 Å². The van der Waals surface area contributed by atoms with Crippen molar-refractivity contribution in [2.45, 2.75) is 52.3 Å². The molecule has 0 unspecified atom stereocenters. The van der Waals surface area contributed by atoms with E-state index in [9.17, 15) is 9.90 Å². The van der Waals surface area contributed by atoms with Gasteiger partial charge in [-0.25, -0.2) is 0 Å². The molecule has 1 N–H and O–H groups in total. The van der Waals surface area contributed by atoms with Gasteiger partial charge in [0.2, 0.25) is 0 Å². The lowest BCUT2D eigenvalue weighted by Crippen LogP contribution is -2.49. The number of nitrogens with zero attached hydrogens (tertiary/aromatic N) is 1. The highest BCUT2D eigenvalue weighted by Crippen LogP contribution is 2.34. The van der Waals surface area contributed by atoms with Crippen LogP contribution in [0, 0.1) is 20.8 Å². The Morgan fingerprint density at radius 3 is 2.69 bits per heavy atom. The number of benzene rings is 2. The van der Waals surface area contributed by atoms with E-state index >= 15 is 0 Å². The number of carbonyl (C=O) groups is 1. The second-order valence-electron chi connectivity index (χ2n) is 8.22. The van der Waals surface area contributed by atoms with E-state index in [0.29, 0.717) is 26.2 Å². The monoisotopic (exact) mass is 395 g/mol. The van der Waals surface area contributed by atoms with Crippen LogP contribution in [-0.4, -0.2) is 48.4 Å². The average Bonchev–Trinajstić information content (AvgIpc) is 3.03. The molecule has 1 fully saturated rings. The zero-order valence-electron chi connectivity index (χ0n) is 17.6. The molecule has 0 aliphatic carbocycles. The maximum atomic E-state index is 13.2. The number of hydrogen-bond acceptors (Lipinski definition) is 4. The van der Waals surface area contributed by atoms with Crippen molar-refractivity contribution in [1.29, 1.82) is 0 Å². The summed E-state index contributed by atoms with van der Waals surface area (Å²) in [5, 5.41) is 10.4. The number of hydrogen-bond donors (Lipinski definition) is 1. The van der Waals surface area contributed by atoms with Crippen LogP contribution in [0.3, 0.4) is 0 Å². The number of amides is 1. The summed E-state index contributed by atoms with van der Waals surface area (Å²) in [6.45, 7) is 7.78. The van der Waals surface area contributed by atoms with Crippen LogP contribution in [-0.2, 0) is 17.7 Å². The molecule has 0 bridgehead atoms. The number of aliphatic hydroxyl groups is 1. The van der Waals surface area contributed by atoms with Crippen molar-refractivity contribution < 1.29 is 19.4 Å². The third kappa shape index (κ3) is 3.53. The van der Waals surface area contributed by atoms with Crippen molar-refractivity contribution in [2.24, 2.45) is 0 Å². The summed E-state index contributed by atoms with van der Waals surface area (Å²) in [4.78, 5) is 15.0. The summed E-state index contributed by atoms with van der Waals surface area (Å²) < 4.78 is 10.9. The van der Waals surface area contributed by atoms with Crippen molar-refractivity contribution >= 4 is 5.91 Å². The number of fused-ring (bicyclic) bond motifs is 1. The summed E-state index contributed by atoms with van der Waals surface area (Å²) in [7, 11) is 1.68. The average molecular weight is 395 g/mol. The minimum atomic E-state index is -0.523. The van der Waals surface area contributed by atoms with Crippen molar-refractivity contribution in [3.63, 3.8) is 0 Å². The molecular formula is C24H29NO4. The van der Waals surface area contributed by atoms with Crippen LogP contribution in [0.25, 0.3) is 0 Å². The van der Waals surface area contributed by atoms with Gasteiger partial charge in [-0.2, -0.15) is 0 Å². The molecule has 2 aromatic carbocycles. The van der Waals surface area contributed by atoms with E-state index in [0.717, 1.165) is 28.9 Å². The molecule has 2 heterocycles. The van der Waals surface area contributed by atoms with E-state index in [1.165, 1.54) is 22.3 Å². The second kappa shape index (κ2) is 7.81. The van der Waals surface area contributed by atoms with Gasteiger partial charge in [-0.15, -0.1) is 0 Å². The third-order valence-electron chi connectivity index (χ3n) is 6.51. The summed E-state index contributed by atoms with van der Waals surface area (Å²) in [6, 6.07) is 8.01. The molecule has 1 amide bonds.